The molecule has 1 aromatic rings. The van der Waals surface area contributed by atoms with Crippen LogP contribution in [-0.4, -0.2) is 41.6 Å². The van der Waals surface area contributed by atoms with Gasteiger partial charge in [-0.2, -0.15) is 0 Å². The standard InChI is InChI=1S/C13H14BrNO4/c1-7(13(17)18)15(2)12(16)10-6-19-11-4-3-8(14)5-9(10)11/h3-5,7,10H,6H2,1-2H3,(H,17,18). The van der Waals surface area contributed by atoms with Gasteiger partial charge in [0.15, 0.2) is 0 Å². The lowest BCUT2D eigenvalue weighted by Gasteiger charge is -2.24. The van der Waals surface area contributed by atoms with Crippen molar-refractivity contribution in [3.63, 3.8) is 0 Å². The Hall–Kier alpha value is -1.56. The van der Waals surface area contributed by atoms with Gasteiger partial charge >= 0.3 is 5.97 Å². The van der Waals surface area contributed by atoms with Crippen LogP contribution in [0.4, 0.5) is 0 Å². The highest BCUT2D eigenvalue weighted by Crippen LogP contribution is 2.36. The molecule has 0 aromatic heterocycles. The summed E-state index contributed by atoms with van der Waals surface area (Å²) >= 11 is 3.36. The Labute approximate surface area is 119 Å². The van der Waals surface area contributed by atoms with Crippen molar-refractivity contribution < 1.29 is 19.4 Å². The summed E-state index contributed by atoms with van der Waals surface area (Å²) in [5, 5.41) is 8.95. The molecule has 1 aliphatic heterocycles. The Morgan fingerprint density at radius 3 is 2.84 bits per heavy atom. The number of hydrogen-bond acceptors (Lipinski definition) is 3. The van der Waals surface area contributed by atoms with Gasteiger partial charge in [-0.3, -0.25) is 4.79 Å². The second-order valence-corrected chi connectivity index (χ2v) is 5.42. The molecule has 6 heteroatoms. The van der Waals surface area contributed by atoms with Crippen molar-refractivity contribution >= 4 is 27.8 Å². The quantitative estimate of drug-likeness (QED) is 0.920. The van der Waals surface area contributed by atoms with E-state index in [9.17, 15) is 9.59 Å². The number of halogens is 1. The van der Waals surface area contributed by atoms with Gasteiger partial charge in [0.2, 0.25) is 5.91 Å². The van der Waals surface area contributed by atoms with Crippen LogP contribution in [0.25, 0.3) is 0 Å². The molecule has 1 aromatic carbocycles. The minimum absolute atomic E-state index is 0.244. The highest BCUT2D eigenvalue weighted by molar-refractivity contribution is 9.10. The topological polar surface area (TPSA) is 66.8 Å². The van der Waals surface area contributed by atoms with E-state index in [1.54, 1.807) is 6.07 Å². The summed E-state index contributed by atoms with van der Waals surface area (Å²) in [6, 6.07) is 4.62. The van der Waals surface area contributed by atoms with Gasteiger partial charge in [-0.15, -0.1) is 0 Å². The number of carboxylic acid groups (broad SMARTS) is 1. The van der Waals surface area contributed by atoms with Gasteiger partial charge in [0.05, 0.1) is 0 Å². The maximum Gasteiger partial charge on any atom is 0.326 e. The van der Waals surface area contributed by atoms with E-state index in [-0.39, 0.29) is 12.5 Å². The normalized spacial score (nSPS) is 18.4. The zero-order chi connectivity index (χ0) is 14.2. The van der Waals surface area contributed by atoms with Crippen molar-refractivity contribution in [1.29, 1.82) is 0 Å². The first-order valence-corrected chi connectivity index (χ1v) is 6.63. The molecule has 1 amide bonds. The van der Waals surface area contributed by atoms with Gasteiger partial charge < -0.3 is 14.7 Å². The van der Waals surface area contributed by atoms with E-state index < -0.39 is 17.9 Å². The largest absolute Gasteiger partial charge is 0.492 e. The number of hydrogen-bond donors (Lipinski definition) is 1. The lowest BCUT2D eigenvalue weighted by atomic mass is 9.99. The zero-order valence-corrected chi connectivity index (χ0v) is 12.2. The van der Waals surface area contributed by atoms with Crippen LogP contribution in [0, 0.1) is 0 Å². The van der Waals surface area contributed by atoms with Crippen LogP contribution < -0.4 is 4.74 Å². The Balaban J connectivity index is 2.24. The summed E-state index contributed by atoms with van der Waals surface area (Å²) in [6.07, 6.45) is 0. The molecule has 2 unspecified atom stereocenters. The average molecular weight is 328 g/mol. The molecular formula is C13H14BrNO4. The van der Waals surface area contributed by atoms with Crippen molar-refractivity contribution in [3.05, 3.63) is 28.2 Å². The average Bonchev–Trinajstić information content (AvgIpc) is 2.78. The summed E-state index contributed by atoms with van der Waals surface area (Å²) in [5.41, 5.74) is 0.795. The van der Waals surface area contributed by atoms with E-state index in [1.807, 2.05) is 12.1 Å². The van der Waals surface area contributed by atoms with Crippen LogP contribution in [0.2, 0.25) is 0 Å². The molecule has 0 spiro atoms. The van der Waals surface area contributed by atoms with Gasteiger partial charge in [0.1, 0.15) is 24.3 Å². The molecule has 19 heavy (non-hydrogen) atoms. The van der Waals surface area contributed by atoms with Gasteiger partial charge in [-0.1, -0.05) is 15.9 Å². The van der Waals surface area contributed by atoms with Gasteiger partial charge in [0, 0.05) is 17.1 Å². The summed E-state index contributed by atoms with van der Waals surface area (Å²) in [4.78, 5) is 24.5. The number of rotatable bonds is 3. The highest BCUT2D eigenvalue weighted by Gasteiger charge is 2.35. The zero-order valence-electron chi connectivity index (χ0n) is 10.6. The van der Waals surface area contributed by atoms with E-state index in [0.717, 1.165) is 10.0 Å². The number of likely N-dealkylation sites (N-methyl/N-ethyl adjacent to an activating group) is 1. The Bertz CT molecular complexity index is 531. The first kappa shape index (κ1) is 13.9. The number of carbonyl (C=O) groups is 2. The fourth-order valence-electron chi connectivity index (χ4n) is 1.99. The van der Waals surface area contributed by atoms with Crippen molar-refractivity contribution in [3.8, 4) is 5.75 Å². The predicted molar refractivity (Wildman–Crippen MR) is 72.2 cm³/mol. The lowest BCUT2D eigenvalue weighted by Crippen LogP contribution is -2.43. The van der Waals surface area contributed by atoms with Crippen LogP contribution in [-0.2, 0) is 9.59 Å². The molecule has 1 heterocycles. The summed E-state index contributed by atoms with van der Waals surface area (Å²) in [5.74, 6) is -1.03. The molecule has 0 bridgehead atoms. The van der Waals surface area contributed by atoms with Crippen LogP contribution >= 0.6 is 15.9 Å². The first-order valence-electron chi connectivity index (χ1n) is 5.83. The number of fused-ring (bicyclic) bond motifs is 1. The van der Waals surface area contributed by atoms with Crippen LogP contribution in [0.5, 0.6) is 5.75 Å². The number of benzene rings is 1. The van der Waals surface area contributed by atoms with E-state index in [4.69, 9.17) is 9.84 Å². The molecule has 5 nitrogen and oxygen atoms in total. The number of carboxylic acids is 1. The van der Waals surface area contributed by atoms with Gasteiger partial charge in [-0.05, 0) is 25.1 Å². The maximum atomic E-state index is 12.3. The molecule has 1 aliphatic rings. The molecule has 0 saturated carbocycles. The molecule has 2 atom stereocenters. The summed E-state index contributed by atoms with van der Waals surface area (Å²) < 4.78 is 6.33. The molecule has 2 rings (SSSR count). The number of ether oxygens (including phenoxy) is 1. The Morgan fingerprint density at radius 2 is 2.21 bits per heavy atom. The van der Waals surface area contributed by atoms with Gasteiger partial charge in [-0.25, -0.2) is 4.79 Å². The van der Waals surface area contributed by atoms with Crippen LogP contribution in [0.1, 0.15) is 18.4 Å². The van der Waals surface area contributed by atoms with Crippen molar-refractivity contribution in [2.24, 2.45) is 0 Å². The first-order chi connectivity index (χ1) is 8.91. The SMILES string of the molecule is CC(C(=O)O)N(C)C(=O)C1COc2ccc(Br)cc21. The minimum atomic E-state index is -1.02. The van der Waals surface area contributed by atoms with Crippen molar-refractivity contribution in [2.75, 3.05) is 13.7 Å². The number of aliphatic carboxylic acids is 1. The third-order valence-electron chi connectivity index (χ3n) is 3.34. The van der Waals surface area contributed by atoms with Crippen LogP contribution in [0.15, 0.2) is 22.7 Å². The van der Waals surface area contributed by atoms with Crippen molar-refractivity contribution in [2.45, 2.75) is 18.9 Å². The van der Waals surface area contributed by atoms with E-state index >= 15 is 0 Å². The molecule has 0 saturated heterocycles. The second kappa shape index (κ2) is 5.21. The third kappa shape index (κ3) is 2.58. The third-order valence-corrected chi connectivity index (χ3v) is 3.83. The molecule has 1 N–H and O–H groups in total. The highest BCUT2D eigenvalue weighted by atomic mass is 79.9. The van der Waals surface area contributed by atoms with Crippen LogP contribution in [0.3, 0.4) is 0 Å². The second-order valence-electron chi connectivity index (χ2n) is 4.51. The molecular weight excluding hydrogens is 314 g/mol. The molecule has 0 radical (unpaired) electrons. The molecule has 102 valence electrons. The molecule has 0 aliphatic carbocycles. The van der Waals surface area contributed by atoms with E-state index in [2.05, 4.69) is 15.9 Å². The fourth-order valence-corrected chi connectivity index (χ4v) is 2.37. The number of carbonyl (C=O) groups excluding carboxylic acids is 1. The summed E-state index contributed by atoms with van der Waals surface area (Å²) in [6.45, 7) is 1.74. The van der Waals surface area contributed by atoms with E-state index in [0.29, 0.717) is 5.75 Å². The monoisotopic (exact) mass is 327 g/mol. The Kier molecular flexibility index (Phi) is 3.80. The van der Waals surface area contributed by atoms with E-state index in [1.165, 1.54) is 18.9 Å². The number of amides is 1. The summed E-state index contributed by atoms with van der Waals surface area (Å²) in [7, 11) is 1.50. The lowest BCUT2D eigenvalue weighted by molar-refractivity contribution is -0.148. The number of nitrogens with zero attached hydrogens (tertiary/aromatic N) is 1. The van der Waals surface area contributed by atoms with Gasteiger partial charge in [0.25, 0.3) is 0 Å². The predicted octanol–water partition coefficient (Wildman–Crippen LogP) is 1.86. The molecule has 0 fully saturated rings. The smallest absolute Gasteiger partial charge is 0.326 e. The fraction of sp³-hybridized carbons (Fsp3) is 0.385. The maximum absolute atomic E-state index is 12.3. The minimum Gasteiger partial charge on any atom is -0.492 e. The Morgan fingerprint density at radius 1 is 1.53 bits per heavy atom. The van der Waals surface area contributed by atoms with Crippen molar-refractivity contribution in [1.82, 2.24) is 4.90 Å².